The third kappa shape index (κ3) is 4.18. The van der Waals surface area contributed by atoms with E-state index in [1.807, 2.05) is 7.05 Å². The Balaban J connectivity index is 2.79. The molecule has 0 saturated heterocycles. The summed E-state index contributed by atoms with van der Waals surface area (Å²) < 4.78 is 5.47. The van der Waals surface area contributed by atoms with Crippen LogP contribution in [0, 0.1) is 10.1 Å². The standard InChI is InChI=1S/C13H18N2O3/c1-3-4-5-8-18-13-9-11(10-14-2)6-7-12(13)15(16)17/h3,6-7,9,14H,1,4-5,8,10H2,2H3. The molecule has 5 nitrogen and oxygen atoms in total. The monoisotopic (exact) mass is 250 g/mol. The van der Waals surface area contributed by atoms with E-state index in [1.54, 1.807) is 18.2 Å². The molecule has 0 bridgehead atoms. The number of ether oxygens (including phenoxy) is 1. The highest BCUT2D eigenvalue weighted by Gasteiger charge is 2.15. The van der Waals surface area contributed by atoms with Crippen molar-refractivity contribution in [1.29, 1.82) is 0 Å². The second kappa shape index (κ2) is 7.45. The number of benzene rings is 1. The highest BCUT2D eigenvalue weighted by Crippen LogP contribution is 2.28. The zero-order chi connectivity index (χ0) is 13.4. The Morgan fingerprint density at radius 3 is 2.94 bits per heavy atom. The molecule has 0 aliphatic heterocycles. The van der Waals surface area contributed by atoms with Gasteiger partial charge in [0.25, 0.3) is 0 Å². The normalized spacial score (nSPS) is 10.1. The minimum Gasteiger partial charge on any atom is -0.487 e. The number of hydrogen-bond acceptors (Lipinski definition) is 4. The van der Waals surface area contributed by atoms with Crippen molar-refractivity contribution in [2.75, 3.05) is 13.7 Å². The first-order chi connectivity index (χ1) is 8.69. The number of nitro benzene ring substituents is 1. The summed E-state index contributed by atoms with van der Waals surface area (Å²) >= 11 is 0. The van der Waals surface area contributed by atoms with Crippen LogP contribution in [0.15, 0.2) is 30.9 Å². The van der Waals surface area contributed by atoms with E-state index in [0.717, 1.165) is 18.4 Å². The lowest BCUT2D eigenvalue weighted by Crippen LogP contribution is -2.06. The molecule has 0 unspecified atom stereocenters. The Bertz CT molecular complexity index is 419. The van der Waals surface area contributed by atoms with Crippen molar-refractivity contribution in [1.82, 2.24) is 5.32 Å². The van der Waals surface area contributed by atoms with Gasteiger partial charge in [0.2, 0.25) is 0 Å². The molecular weight excluding hydrogens is 232 g/mol. The average molecular weight is 250 g/mol. The molecule has 0 spiro atoms. The van der Waals surface area contributed by atoms with E-state index in [-0.39, 0.29) is 5.69 Å². The van der Waals surface area contributed by atoms with E-state index < -0.39 is 4.92 Å². The van der Waals surface area contributed by atoms with Gasteiger partial charge in [-0.2, -0.15) is 0 Å². The molecule has 98 valence electrons. The molecule has 1 rings (SSSR count). The Kier molecular flexibility index (Phi) is 5.87. The summed E-state index contributed by atoms with van der Waals surface area (Å²) in [5.41, 5.74) is 0.968. The van der Waals surface area contributed by atoms with Crippen molar-refractivity contribution in [3.8, 4) is 5.75 Å². The third-order valence-electron chi connectivity index (χ3n) is 2.41. The molecule has 0 heterocycles. The van der Waals surface area contributed by atoms with Crippen molar-refractivity contribution in [2.45, 2.75) is 19.4 Å². The van der Waals surface area contributed by atoms with Gasteiger partial charge < -0.3 is 10.1 Å². The molecule has 5 heteroatoms. The van der Waals surface area contributed by atoms with E-state index in [2.05, 4.69) is 11.9 Å². The summed E-state index contributed by atoms with van der Waals surface area (Å²) in [7, 11) is 1.83. The third-order valence-corrected chi connectivity index (χ3v) is 2.41. The molecule has 0 radical (unpaired) electrons. The van der Waals surface area contributed by atoms with Gasteiger partial charge in [-0.25, -0.2) is 0 Å². The second-order valence-electron chi connectivity index (χ2n) is 3.87. The number of nitrogens with one attached hydrogen (secondary N) is 1. The topological polar surface area (TPSA) is 64.4 Å². The van der Waals surface area contributed by atoms with E-state index in [9.17, 15) is 10.1 Å². The molecule has 0 saturated carbocycles. The zero-order valence-electron chi connectivity index (χ0n) is 10.5. The lowest BCUT2D eigenvalue weighted by molar-refractivity contribution is -0.385. The summed E-state index contributed by atoms with van der Waals surface area (Å²) in [4.78, 5) is 10.4. The first kappa shape index (κ1) is 14.2. The summed E-state index contributed by atoms with van der Waals surface area (Å²) in [6.45, 7) is 4.73. The van der Waals surface area contributed by atoms with Crippen molar-refractivity contribution < 1.29 is 9.66 Å². The second-order valence-corrected chi connectivity index (χ2v) is 3.87. The minimum absolute atomic E-state index is 0.00783. The van der Waals surface area contributed by atoms with Gasteiger partial charge in [0.05, 0.1) is 11.5 Å². The molecule has 0 amide bonds. The van der Waals surface area contributed by atoms with Crippen LogP contribution in [0.3, 0.4) is 0 Å². The van der Waals surface area contributed by atoms with Crippen LogP contribution in [0.5, 0.6) is 5.75 Å². The molecule has 0 atom stereocenters. The number of rotatable bonds is 8. The lowest BCUT2D eigenvalue weighted by Gasteiger charge is -2.08. The van der Waals surface area contributed by atoms with Crippen LogP contribution < -0.4 is 10.1 Å². The Morgan fingerprint density at radius 2 is 2.33 bits per heavy atom. The van der Waals surface area contributed by atoms with Gasteiger partial charge in [0.1, 0.15) is 0 Å². The zero-order valence-corrected chi connectivity index (χ0v) is 10.5. The Morgan fingerprint density at radius 1 is 1.56 bits per heavy atom. The van der Waals surface area contributed by atoms with Crippen LogP contribution in [0.25, 0.3) is 0 Å². The Hall–Kier alpha value is -1.88. The number of unbranched alkanes of at least 4 members (excludes halogenated alkanes) is 1. The molecule has 1 aromatic carbocycles. The molecule has 0 aromatic heterocycles. The number of hydrogen-bond donors (Lipinski definition) is 1. The van der Waals surface area contributed by atoms with Crippen molar-refractivity contribution in [3.63, 3.8) is 0 Å². The molecule has 18 heavy (non-hydrogen) atoms. The first-order valence-electron chi connectivity index (χ1n) is 5.84. The molecule has 0 aliphatic rings. The molecular formula is C13H18N2O3. The van der Waals surface area contributed by atoms with E-state index >= 15 is 0 Å². The summed E-state index contributed by atoms with van der Waals surface area (Å²) in [6.07, 6.45) is 3.44. The lowest BCUT2D eigenvalue weighted by atomic mass is 10.2. The predicted molar refractivity (Wildman–Crippen MR) is 70.8 cm³/mol. The maximum atomic E-state index is 10.9. The van der Waals surface area contributed by atoms with Gasteiger partial charge >= 0.3 is 5.69 Å². The Labute approximate surface area is 107 Å². The smallest absolute Gasteiger partial charge is 0.310 e. The van der Waals surface area contributed by atoms with Gasteiger partial charge in [-0.15, -0.1) is 6.58 Å². The van der Waals surface area contributed by atoms with Gasteiger partial charge in [-0.3, -0.25) is 10.1 Å². The van der Waals surface area contributed by atoms with Crippen LogP contribution in [0.2, 0.25) is 0 Å². The maximum absolute atomic E-state index is 10.9. The highest BCUT2D eigenvalue weighted by atomic mass is 16.6. The number of allylic oxidation sites excluding steroid dienone is 1. The average Bonchev–Trinajstić information content (AvgIpc) is 2.35. The number of nitro groups is 1. The first-order valence-corrected chi connectivity index (χ1v) is 5.84. The van der Waals surface area contributed by atoms with Gasteiger partial charge in [0, 0.05) is 12.6 Å². The summed E-state index contributed by atoms with van der Waals surface area (Å²) in [6, 6.07) is 4.92. The summed E-state index contributed by atoms with van der Waals surface area (Å²) in [5.74, 6) is 0.330. The van der Waals surface area contributed by atoms with Gasteiger partial charge in [-0.05, 0) is 31.5 Å². The largest absolute Gasteiger partial charge is 0.487 e. The van der Waals surface area contributed by atoms with E-state index in [4.69, 9.17) is 4.74 Å². The van der Waals surface area contributed by atoms with E-state index in [0.29, 0.717) is 18.9 Å². The molecule has 1 N–H and O–H groups in total. The number of nitrogens with zero attached hydrogens (tertiary/aromatic N) is 1. The summed E-state index contributed by atoms with van der Waals surface area (Å²) in [5, 5.41) is 13.9. The van der Waals surface area contributed by atoms with Crippen LogP contribution >= 0.6 is 0 Å². The van der Waals surface area contributed by atoms with Gasteiger partial charge in [0.15, 0.2) is 5.75 Å². The van der Waals surface area contributed by atoms with Crippen molar-refractivity contribution in [3.05, 3.63) is 46.5 Å². The SMILES string of the molecule is C=CCCCOc1cc(CNC)ccc1[N+](=O)[O-]. The molecule has 0 fully saturated rings. The van der Waals surface area contributed by atoms with Crippen molar-refractivity contribution >= 4 is 5.69 Å². The van der Waals surface area contributed by atoms with Gasteiger partial charge in [-0.1, -0.05) is 12.1 Å². The van der Waals surface area contributed by atoms with E-state index in [1.165, 1.54) is 6.07 Å². The van der Waals surface area contributed by atoms with Crippen LogP contribution in [0.1, 0.15) is 18.4 Å². The maximum Gasteiger partial charge on any atom is 0.310 e. The van der Waals surface area contributed by atoms with Crippen molar-refractivity contribution in [2.24, 2.45) is 0 Å². The fraction of sp³-hybridized carbons (Fsp3) is 0.385. The fourth-order valence-electron chi connectivity index (χ4n) is 1.55. The fourth-order valence-corrected chi connectivity index (χ4v) is 1.55. The van der Waals surface area contributed by atoms with Crippen LogP contribution in [-0.4, -0.2) is 18.6 Å². The molecule has 0 aliphatic carbocycles. The quantitative estimate of drug-likeness (QED) is 0.333. The highest BCUT2D eigenvalue weighted by molar-refractivity contribution is 5.48. The predicted octanol–water partition coefficient (Wildman–Crippen LogP) is 2.66. The van der Waals surface area contributed by atoms with Crippen LogP contribution in [-0.2, 0) is 6.54 Å². The minimum atomic E-state index is -0.425. The van der Waals surface area contributed by atoms with Crippen LogP contribution in [0.4, 0.5) is 5.69 Å². The molecule has 1 aromatic rings.